The first-order chi connectivity index (χ1) is 14.7. The van der Waals surface area contributed by atoms with Crippen LogP contribution < -0.4 is 4.74 Å². The highest BCUT2D eigenvalue weighted by Gasteiger charge is 2.15. The van der Waals surface area contributed by atoms with Crippen LogP contribution in [0.3, 0.4) is 0 Å². The third-order valence-corrected chi connectivity index (χ3v) is 4.74. The Labute approximate surface area is 172 Å². The van der Waals surface area contributed by atoms with Crippen molar-refractivity contribution in [2.75, 3.05) is 0 Å². The molecule has 4 aromatic rings. The van der Waals surface area contributed by atoms with E-state index >= 15 is 0 Å². The lowest BCUT2D eigenvalue weighted by Crippen LogP contribution is -2.03. The van der Waals surface area contributed by atoms with Crippen molar-refractivity contribution >= 4 is 22.8 Å². The van der Waals surface area contributed by atoms with E-state index in [4.69, 9.17) is 9.73 Å². The summed E-state index contributed by atoms with van der Waals surface area (Å²) in [5.74, 6) is 0.410. The summed E-state index contributed by atoms with van der Waals surface area (Å²) in [7, 11) is 0. The maximum atomic E-state index is 10.1. The molecule has 30 heavy (non-hydrogen) atoms. The van der Waals surface area contributed by atoms with E-state index in [0.717, 1.165) is 17.7 Å². The van der Waals surface area contributed by atoms with Crippen molar-refractivity contribution in [2.24, 2.45) is 9.98 Å². The first-order valence-electron chi connectivity index (χ1n) is 9.48. The van der Waals surface area contributed by atoms with Crippen LogP contribution in [-0.4, -0.2) is 38.2 Å². The van der Waals surface area contributed by atoms with Crippen molar-refractivity contribution < 1.29 is 9.84 Å². The lowest BCUT2D eigenvalue weighted by atomic mass is 10.1. The summed E-state index contributed by atoms with van der Waals surface area (Å²) in [6.07, 6.45) is 5.61. The number of hydrogen-bond acceptors (Lipinski definition) is 7. The molecule has 7 nitrogen and oxygen atoms in total. The lowest BCUT2D eigenvalue weighted by Gasteiger charge is -2.07. The van der Waals surface area contributed by atoms with Gasteiger partial charge in [-0.3, -0.25) is 15.0 Å². The van der Waals surface area contributed by atoms with Crippen molar-refractivity contribution in [3.8, 4) is 17.6 Å². The van der Waals surface area contributed by atoms with Crippen molar-refractivity contribution in [3.05, 3.63) is 84.2 Å². The molecule has 5 rings (SSSR count). The molecule has 2 aromatic heterocycles. The third-order valence-electron chi connectivity index (χ3n) is 4.74. The number of pyridine rings is 1. The van der Waals surface area contributed by atoms with Crippen LogP contribution in [0.4, 0.5) is 0 Å². The Hall–Kier alpha value is -4.13. The van der Waals surface area contributed by atoms with Gasteiger partial charge in [0.25, 0.3) is 0 Å². The summed E-state index contributed by atoms with van der Waals surface area (Å²) < 4.78 is 5.70. The van der Waals surface area contributed by atoms with Gasteiger partial charge in [-0.25, -0.2) is 0 Å². The molecular weight excluding hydrogens is 378 g/mol. The lowest BCUT2D eigenvalue weighted by molar-refractivity contribution is 0.412. The SMILES string of the molecule is Oc1nc(Oc2ccc(C3=NC(Cc4ccccc4)N=C3)cc2)nc2cnccc12. The van der Waals surface area contributed by atoms with Gasteiger partial charge in [-0.15, -0.1) is 0 Å². The van der Waals surface area contributed by atoms with Gasteiger partial charge in [0.2, 0.25) is 5.88 Å². The van der Waals surface area contributed by atoms with Gasteiger partial charge in [-0.1, -0.05) is 30.3 Å². The van der Waals surface area contributed by atoms with Crippen LogP contribution in [0.2, 0.25) is 0 Å². The van der Waals surface area contributed by atoms with Crippen LogP contribution in [0, 0.1) is 0 Å². The normalized spacial score (nSPS) is 15.3. The Kier molecular flexibility index (Phi) is 4.61. The number of benzene rings is 2. The molecule has 1 atom stereocenters. The summed E-state index contributed by atoms with van der Waals surface area (Å²) >= 11 is 0. The first kappa shape index (κ1) is 17.9. The highest BCUT2D eigenvalue weighted by atomic mass is 16.5. The molecule has 0 radical (unpaired) electrons. The predicted molar refractivity (Wildman–Crippen MR) is 114 cm³/mol. The Balaban J connectivity index is 1.30. The zero-order valence-electron chi connectivity index (χ0n) is 15.9. The average molecular weight is 395 g/mol. The molecule has 1 unspecified atom stereocenters. The maximum Gasteiger partial charge on any atom is 0.325 e. The molecular formula is C23H17N5O2. The van der Waals surface area contributed by atoms with Gasteiger partial charge in [0, 0.05) is 24.4 Å². The molecule has 0 amide bonds. The van der Waals surface area contributed by atoms with Crippen molar-refractivity contribution in [2.45, 2.75) is 12.6 Å². The quantitative estimate of drug-likeness (QED) is 0.552. The van der Waals surface area contributed by atoms with Gasteiger partial charge in [-0.2, -0.15) is 9.97 Å². The molecule has 7 heteroatoms. The summed E-state index contributed by atoms with van der Waals surface area (Å²) in [6.45, 7) is 0. The number of aromatic nitrogens is 3. The highest BCUT2D eigenvalue weighted by molar-refractivity contribution is 6.39. The maximum absolute atomic E-state index is 10.1. The van der Waals surface area contributed by atoms with Crippen molar-refractivity contribution in [1.29, 1.82) is 0 Å². The van der Waals surface area contributed by atoms with Crippen molar-refractivity contribution in [1.82, 2.24) is 15.0 Å². The van der Waals surface area contributed by atoms with Crippen LogP contribution in [0.15, 0.2) is 83.0 Å². The molecule has 1 N–H and O–H groups in total. The molecule has 0 spiro atoms. The summed E-state index contributed by atoms with van der Waals surface area (Å²) in [4.78, 5) is 21.5. The fourth-order valence-corrected chi connectivity index (χ4v) is 3.24. The first-order valence-corrected chi connectivity index (χ1v) is 9.48. The largest absolute Gasteiger partial charge is 0.493 e. The smallest absolute Gasteiger partial charge is 0.325 e. The minimum Gasteiger partial charge on any atom is -0.493 e. The fraction of sp³-hybridized carbons (Fsp3) is 0.0870. The number of hydrogen-bond donors (Lipinski definition) is 1. The van der Waals surface area contributed by atoms with Crippen LogP contribution in [0.25, 0.3) is 10.9 Å². The molecule has 1 aliphatic rings. The number of aliphatic imine (C=N–C) groups is 2. The summed E-state index contributed by atoms with van der Waals surface area (Å²) in [6, 6.07) is 19.4. The zero-order chi connectivity index (χ0) is 20.3. The van der Waals surface area contributed by atoms with Gasteiger partial charge in [0.15, 0.2) is 0 Å². The number of fused-ring (bicyclic) bond motifs is 1. The minimum absolute atomic E-state index is 0.0587. The molecule has 3 heterocycles. The predicted octanol–water partition coefficient (Wildman–Crippen LogP) is 3.97. The van der Waals surface area contributed by atoms with E-state index in [2.05, 4.69) is 32.1 Å². The third kappa shape index (κ3) is 3.73. The molecule has 0 aliphatic carbocycles. The van der Waals surface area contributed by atoms with Crippen LogP contribution in [-0.2, 0) is 6.42 Å². The summed E-state index contributed by atoms with van der Waals surface area (Å²) in [5.41, 5.74) is 3.51. The van der Waals surface area contributed by atoms with E-state index < -0.39 is 0 Å². The topological polar surface area (TPSA) is 92.9 Å². The molecule has 0 bridgehead atoms. The number of rotatable bonds is 5. The second-order valence-electron chi connectivity index (χ2n) is 6.81. The molecule has 1 aliphatic heterocycles. The minimum atomic E-state index is -0.144. The van der Waals surface area contributed by atoms with E-state index in [1.165, 1.54) is 5.56 Å². The van der Waals surface area contributed by atoms with Crippen LogP contribution >= 0.6 is 0 Å². The Morgan fingerprint density at radius 2 is 1.77 bits per heavy atom. The van der Waals surface area contributed by atoms with Gasteiger partial charge >= 0.3 is 6.01 Å². The number of aromatic hydroxyl groups is 1. The van der Waals surface area contributed by atoms with Crippen LogP contribution in [0.5, 0.6) is 17.6 Å². The Bertz CT molecular complexity index is 1250. The fourth-order valence-electron chi connectivity index (χ4n) is 3.24. The molecule has 0 saturated carbocycles. The highest BCUT2D eigenvalue weighted by Crippen LogP contribution is 2.26. The monoisotopic (exact) mass is 395 g/mol. The van der Waals surface area contributed by atoms with E-state index in [9.17, 15) is 5.11 Å². The number of nitrogens with zero attached hydrogens (tertiary/aromatic N) is 5. The Morgan fingerprint density at radius 3 is 2.60 bits per heavy atom. The van der Waals surface area contributed by atoms with E-state index in [1.807, 2.05) is 42.5 Å². The van der Waals surface area contributed by atoms with E-state index in [-0.39, 0.29) is 18.1 Å². The van der Waals surface area contributed by atoms with Gasteiger partial charge in [0.05, 0.1) is 22.8 Å². The molecule has 146 valence electrons. The zero-order valence-corrected chi connectivity index (χ0v) is 15.9. The second kappa shape index (κ2) is 7.71. The second-order valence-corrected chi connectivity index (χ2v) is 6.81. The van der Waals surface area contributed by atoms with Gasteiger partial charge in [-0.05, 0) is 35.9 Å². The van der Waals surface area contributed by atoms with Gasteiger partial charge < -0.3 is 9.84 Å². The standard InChI is InChI=1S/C23H17N5O2/c29-22-18-10-11-24-13-20(18)27-23(28-22)30-17-8-6-16(7-9-17)19-14-25-21(26-19)12-15-4-2-1-3-5-15/h1-11,13-14,21H,12H2,(H,27,28,29). The average Bonchev–Trinajstić information content (AvgIpc) is 3.23. The summed E-state index contributed by atoms with van der Waals surface area (Å²) in [5, 5.41) is 10.6. The van der Waals surface area contributed by atoms with Gasteiger partial charge in [0.1, 0.15) is 11.9 Å². The van der Waals surface area contributed by atoms with E-state index in [1.54, 1.807) is 24.7 Å². The molecule has 0 fully saturated rings. The van der Waals surface area contributed by atoms with E-state index in [0.29, 0.717) is 16.7 Å². The van der Waals surface area contributed by atoms with Crippen LogP contribution in [0.1, 0.15) is 11.1 Å². The van der Waals surface area contributed by atoms with Crippen molar-refractivity contribution in [3.63, 3.8) is 0 Å². The molecule has 0 saturated heterocycles. The molecule has 2 aromatic carbocycles. The Morgan fingerprint density at radius 1 is 0.933 bits per heavy atom. The number of ether oxygens (including phenoxy) is 1.